The molecule has 6 nitrogen and oxygen atoms in total. The first-order valence-corrected chi connectivity index (χ1v) is 10.8. The quantitative estimate of drug-likeness (QED) is 0.452. The first-order chi connectivity index (χ1) is 13.5. The molecule has 1 aliphatic rings. The van der Waals surface area contributed by atoms with E-state index >= 15 is 0 Å². The molecular weight excluding hydrogens is 372 g/mol. The number of nitrogens with one attached hydrogen (secondary N) is 2. The van der Waals surface area contributed by atoms with Crippen molar-refractivity contribution in [2.24, 2.45) is 0 Å². The first-order valence-electron chi connectivity index (χ1n) is 9.88. The van der Waals surface area contributed by atoms with Crippen LogP contribution in [0.5, 0.6) is 5.88 Å². The lowest BCUT2D eigenvalue weighted by molar-refractivity contribution is 0.409. The van der Waals surface area contributed by atoms with E-state index in [0.717, 1.165) is 30.6 Å². The number of hydrogen-bond donors (Lipinski definition) is 3. The number of aromatic amines is 1. The number of hydrogen-bond acceptors (Lipinski definition) is 5. The van der Waals surface area contributed by atoms with E-state index in [1.807, 2.05) is 25.1 Å². The van der Waals surface area contributed by atoms with E-state index in [2.05, 4.69) is 35.2 Å². The van der Waals surface area contributed by atoms with Gasteiger partial charge in [-0.1, -0.05) is 43.8 Å². The van der Waals surface area contributed by atoms with Crippen molar-refractivity contribution in [1.29, 1.82) is 0 Å². The van der Waals surface area contributed by atoms with Crippen LogP contribution in [0.25, 0.3) is 10.9 Å². The van der Waals surface area contributed by atoms with Gasteiger partial charge in [0.2, 0.25) is 5.88 Å². The highest BCUT2D eigenvalue weighted by Crippen LogP contribution is 2.35. The van der Waals surface area contributed by atoms with Crippen molar-refractivity contribution in [2.45, 2.75) is 56.6 Å². The van der Waals surface area contributed by atoms with Crippen LogP contribution >= 0.6 is 11.8 Å². The Labute approximate surface area is 168 Å². The fraction of sp³-hybridized carbons (Fsp3) is 0.429. The topological polar surface area (TPSA) is 82.9 Å². The van der Waals surface area contributed by atoms with Gasteiger partial charge >= 0.3 is 0 Å². The minimum absolute atomic E-state index is 0.176. The minimum Gasteiger partial charge on any atom is -0.493 e. The fourth-order valence-corrected chi connectivity index (χ4v) is 4.86. The molecule has 4 rings (SSSR count). The molecule has 0 radical (unpaired) electrons. The predicted octanol–water partition coefficient (Wildman–Crippen LogP) is 3.58. The Morgan fingerprint density at radius 1 is 1.36 bits per heavy atom. The SMILES string of the molecule is CCC(C)Sc1nc(O)c(C2NCCc3c2[nH]c2ccccc32)c(=O)n1CC. The summed E-state index contributed by atoms with van der Waals surface area (Å²) in [7, 11) is 0. The van der Waals surface area contributed by atoms with E-state index in [4.69, 9.17) is 0 Å². The maximum atomic E-state index is 13.3. The number of thioether (sulfide) groups is 1. The molecule has 1 aliphatic heterocycles. The number of fused-ring (bicyclic) bond motifs is 3. The molecule has 148 valence electrons. The van der Waals surface area contributed by atoms with Crippen LogP contribution in [-0.4, -0.2) is 31.4 Å². The number of nitrogens with zero attached hydrogens (tertiary/aromatic N) is 2. The van der Waals surface area contributed by atoms with Gasteiger partial charge in [0, 0.05) is 34.9 Å². The summed E-state index contributed by atoms with van der Waals surface area (Å²) >= 11 is 1.53. The molecule has 2 unspecified atom stereocenters. The van der Waals surface area contributed by atoms with Gasteiger partial charge in [0.1, 0.15) is 5.56 Å². The second kappa shape index (κ2) is 7.64. The molecule has 0 amide bonds. The van der Waals surface area contributed by atoms with Gasteiger partial charge in [-0.05, 0) is 31.4 Å². The molecule has 7 heteroatoms. The number of aromatic hydroxyl groups is 1. The summed E-state index contributed by atoms with van der Waals surface area (Å²) in [6.07, 6.45) is 1.85. The van der Waals surface area contributed by atoms with Crippen molar-refractivity contribution in [3.63, 3.8) is 0 Å². The molecule has 0 aliphatic carbocycles. The number of benzene rings is 1. The molecule has 0 bridgehead atoms. The van der Waals surface area contributed by atoms with Crippen molar-refractivity contribution in [1.82, 2.24) is 19.9 Å². The molecule has 0 saturated carbocycles. The Morgan fingerprint density at radius 2 is 2.14 bits per heavy atom. The largest absolute Gasteiger partial charge is 0.493 e. The zero-order chi connectivity index (χ0) is 19.8. The lowest BCUT2D eigenvalue weighted by Gasteiger charge is -2.25. The van der Waals surface area contributed by atoms with E-state index < -0.39 is 6.04 Å². The van der Waals surface area contributed by atoms with Gasteiger partial charge < -0.3 is 15.4 Å². The smallest absolute Gasteiger partial charge is 0.263 e. The first kappa shape index (κ1) is 19.1. The standard InChI is InChI=1S/C21H26N4O2S/c1-4-12(3)28-21-24-19(26)16(20(27)25(21)5-2)18-17-14(10-11-22-18)13-8-6-7-9-15(13)23-17/h6-9,12,18,22-23,26H,4-5,10-11H2,1-3H3. The summed E-state index contributed by atoms with van der Waals surface area (Å²) in [5.41, 5.74) is 3.35. The Morgan fingerprint density at radius 3 is 2.89 bits per heavy atom. The van der Waals surface area contributed by atoms with Gasteiger partial charge in [-0.25, -0.2) is 0 Å². The number of para-hydroxylation sites is 1. The predicted molar refractivity (Wildman–Crippen MR) is 113 cm³/mol. The van der Waals surface area contributed by atoms with Crippen LogP contribution in [-0.2, 0) is 13.0 Å². The van der Waals surface area contributed by atoms with Crippen LogP contribution in [0, 0.1) is 0 Å². The highest BCUT2D eigenvalue weighted by molar-refractivity contribution is 7.99. The minimum atomic E-state index is -0.392. The summed E-state index contributed by atoms with van der Waals surface area (Å²) in [4.78, 5) is 21.2. The highest BCUT2D eigenvalue weighted by Gasteiger charge is 2.31. The van der Waals surface area contributed by atoms with Gasteiger partial charge in [0.15, 0.2) is 5.16 Å². The fourth-order valence-electron chi connectivity index (χ4n) is 3.85. The van der Waals surface area contributed by atoms with E-state index in [9.17, 15) is 9.90 Å². The van der Waals surface area contributed by atoms with Crippen LogP contribution in [0.1, 0.15) is 50.1 Å². The summed E-state index contributed by atoms with van der Waals surface area (Å²) in [5, 5.41) is 16.2. The second-order valence-corrected chi connectivity index (χ2v) is 8.62. The van der Waals surface area contributed by atoms with E-state index in [1.165, 1.54) is 22.7 Å². The van der Waals surface area contributed by atoms with Crippen molar-refractivity contribution < 1.29 is 5.11 Å². The van der Waals surface area contributed by atoms with Crippen molar-refractivity contribution in [2.75, 3.05) is 6.54 Å². The molecule has 2 aromatic heterocycles. The van der Waals surface area contributed by atoms with Gasteiger partial charge in [0.25, 0.3) is 5.56 Å². The van der Waals surface area contributed by atoms with Crippen molar-refractivity contribution >= 4 is 22.7 Å². The number of rotatable bonds is 5. The maximum absolute atomic E-state index is 13.3. The normalized spacial score (nSPS) is 17.6. The third-order valence-corrected chi connectivity index (χ3v) is 6.75. The Bertz CT molecular complexity index is 1070. The van der Waals surface area contributed by atoms with E-state index in [1.54, 1.807) is 4.57 Å². The van der Waals surface area contributed by atoms with Crippen LogP contribution in [0.4, 0.5) is 0 Å². The molecule has 3 aromatic rings. The average Bonchev–Trinajstić information content (AvgIpc) is 3.07. The third-order valence-electron chi connectivity index (χ3n) is 5.49. The monoisotopic (exact) mass is 398 g/mol. The van der Waals surface area contributed by atoms with Crippen LogP contribution in [0.3, 0.4) is 0 Å². The summed E-state index contributed by atoms with van der Waals surface area (Å²) in [6, 6.07) is 7.77. The van der Waals surface area contributed by atoms with Gasteiger partial charge in [-0.15, -0.1) is 0 Å². The summed E-state index contributed by atoms with van der Waals surface area (Å²) in [6.45, 7) is 7.40. The molecule has 0 spiro atoms. The molecule has 3 N–H and O–H groups in total. The van der Waals surface area contributed by atoms with Crippen LogP contribution in [0.15, 0.2) is 34.2 Å². The molecule has 3 heterocycles. The van der Waals surface area contributed by atoms with Gasteiger partial charge in [-0.3, -0.25) is 9.36 Å². The second-order valence-electron chi connectivity index (χ2n) is 7.22. The Balaban J connectivity index is 1.86. The zero-order valence-electron chi connectivity index (χ0n) is 16.5. The maximum Gasteiger partial charge on any atom is 0.263 e. The molecule has 0 fully saturated rings. The number of H-pyrrole nitrogens is 1. The lowest BCUT2D eigenvalue weighted by Crippen LogP contribution is -2.37. The molecule has 2 atom stereocenters. The lowest BCUT2D eigenvalue weighted by atomic mass is 9.95. The van der Waals surface area contributed by atoms with E-state index in [0.29, 0.717) is 22.5 Å². The summed E-state index contributed by atoms with van der Waals surface area (Å²) < 4.78 is 1.67. The zero-order valence-corrected chi connectivity index (χ0v) is 17.3. The van der Waals surface area contributed by atoms with Crippen molar-refractivity contribution in [3.05, 3.63) is 51.4 Å². The Kier molecular flexibility index (Phi) is 5.21. The highest BCUT2D eigenvalue weighted by atomic mass is 32.2. The van der Waals surface area contributed by atoms with Crippen molar-refractivity contribution in [3.8, 4) is 5.88 Å². The summed E-state index contributed by atoms with van der Waals surface area (Å²) in [5.74, 6) is -0.176. The molecule has 28 heavy (non-hydrogen) atoms. The third kappa shape index (κ3) is 3.12. The molecule has 0 saturated heterocycles. The van der Waals surface area contributed by atoms with Gasteiger partial charge in [0.05, 0.1) is 6.04 Å². The average molecular weight is 399 g/mol. The van der Waals surface area contributed by atoms with Gasteiger partial charge in [-0.2, -0.15) is 4.98 Å². The molecule has 1 aromatic carbocycles. The number of aromatic nitrogens is 3. The molecular formula is C21H26N4O2S. The Hall–Kier alpha value is -2.25. The van der Waals surface area contributed by atoms with Crippen LogP contribution < -0.4 is 10.9 Å². The van der Waals surface area contributed by atoms with Crippen LogP contribution in [0.2, 0.25) is 0 Å². The van der Waals surface area contributed by atoms with E-state index in [-0.39, 0.29) is 11.4 Å².